The number of rotatable bonds is 9. The minimum Gasteiger partial charge on any atom is -0.388 e. The number of benzene rings is 2. The van der Waals surface area contributed by atoms with Gasteiger partial charge in [0, 0.05) is 36.7 Å². The van der Waals surface area contributed by atoms with Crippen LogP contribution in [0.1, 0.15) is 12.0 Å². The summed E-state index contributed by atoms with van der Waals surface area (Å²) in [4.78, 5) is 9.28. The molecule has 0 unspecified atom stereocenters. The van der Waals surface area contributed by atoms with E-state index in [9.17, 15) is 0 Å². The number of anilines is 4. The van der Waals surface area contributed by atoms with Gasteiger partial charge < -0.3 is 21.3 Å². The van der Waals surface area contributed by atoms with Crippen molar-refractivity contribution < 1.29 is 0 Å². The third kappa shape index (κ3) is 5.20. The fraction of sp³-hybridized carbons (Fsp3) is 0.273. The van der Waals surface area contributed by atoms with Crippen LogP contribution in [0.2, 0.25) is 0 Å². The number of hydrogen-bond donors (Lipinski definition) is 4. The second kappa shape index (κ2) is 9.71. The van der Waals surface area contributed by atoms with Gasteiger partial charge in [0.15, 0.2) is 0 Å². The maximum atomic E-state index is 4.74. The largest absolute Gasteiger partial charge is 0.388 e. The minimum atomic E-state index is 0.581. The molecule has 0 fully saturated rings. The van der Waals surface area contributed by atoms with Crippen molar-refractivity contribution in [2.75, 3.05) is 43.1 Å². The van der Waals surface area contributed by atoms with Gasteiger partial charge >= 0.3 is 0 Å². The van der Waals surface area contributed by atoms with Crippen LogP contribution in [0.4, 0.5) is 23.1 Å². The van der Waals surface area contributed by atoms with Crippen LogP contribution in [0.15, 0.2) is 54.7 Å². The van der Waals surface area contributed by atoms with Crippen LogP contribution in [0.25, 0.3) is 11.1 Å². The molecule has 0 aliphatic carbocycles. The summed E-state index contributed by atoms with van der Waals surface area (Å²) in [6.45, 7) is 3.86. The lowest BCUT2D eigenvalue weighted by Gasteiger charge is -2.14. The number of hydrogen-bond acceptors (Lipinski definition) is 6. The van der Waals surface area contributed by atoms with Gasteiger partial charge in [-0.1, -0.05) is 24.3 Å². The number of aryl methyl sites for hydroxylation is 1. The van der Waals surface area contributed by atoms with E-state index in [1.807, 2.05) is 32.4 Å². The summed E-state index contributed by atoms with van der Waals surface area (Å²) in [6, 6.07) is 16.4. The summed E-state index contributed by atoms with van der Waals surface area (Å²) in [6.07, 6.45) is 2.89. The van der Waals surface area contributed by atoms with Gasteiger partial charge in [0.05, 0.1) is 0 Å². The molecule has 1 heterocycles. The molecule has 0 aliphatic heterocycles. The highest BCUT2D eigenvalue weighted by atomic mass is 15.1. The Kier molecular flexibility index (Phi) is 6.81. The third-order valence-electron chi connectivity index (χ3n) is 4.44. The molecule has 4 N–H and O–H groups in total. The van der Waals surface area contributed by atoms with E-state index in [4.69, 9.17) is 4.98 Å². The van der Waals surface area contributed by atoms with E-state index in [1.165, 1.54) is 5.56 Å². The predicted octanol–water partition coefficient (Wildman–Crippen LogP) is 4.26. The van der Waals surface area contributed by atoms with Gasteiger partial charge in [-0.05, 0) is 62.3 Å². The smallest absolute Gasteiger partial charge is 0.229 e. The Morgan fingerprint density at radius 3 is 2.46 bits per heavy atom. The number of aromatic nitrogens is 2. The Bertz CT molecular complexity index is 892. The summed E-state index contributed by atoms with van der Waals surface area (Å²) in [5, 5.41) is 13.1. The van der Waals surface area contributed by atoms with Crippen LogP contribution in [0.3, 0.4) is 0 Å². The van der Waals surface area contributed by atoms with Gasteiger partial charge in [0.1, 0.15) is 5.82 Å². The highest BCUT2D eigenvalue weighted by Crippen LogP contribution is 2.28. The van der Waals surface area contributed by atoms with E-state index >= 15 is 0 Å². The lowest BCUT2D eigenvalue weighted by molar-refractivity contribution is 0.747. The Balaban J connectivity index is 1.87. The van der Waals surface area contributed by atoms with Crippen LogP contribution in [0.5, 0.6) is 0 Å². The monoisotopic (exact) mass is 376 g/mol. The molecule has 0 saturated carbocycles. The second-order valence-electron chi connectivity index (χ2n) is 6.66. The molecule has 28 heavy (non-hydrogen) atoms. The van der Waals surface area contributed by atoms with Crippen molar-refractivity contribution in [2.45, 2.75) is 13.3 Å². The summed E-state index contributed by atoms with van der Waals surface area (Å²) in [5.74, 6) is 1.41. The van der Waals surface area contributed by atoms with Gasteiger partial charge in [-0.3, -0.25) is 0 Å². The van der Waals surface area contributed by atoms with Crippen LogP contribution < -0.4 is 21.3 Å². The molecule has 0 bridgehead atoms. The van der Waals surface area contributed by atoms with E-state index in [0.29, 0.717) is 5.95 Å². The van der Waals surface area contributed by atoms with Crippen molar-refractivity contribution in [1.82, 2.24) is 15.3 Å². The molecule has 0 amide bonds. The maximum absolute atomic E-state index is 4.74. The molecule has 0 saturated heterocycles. The predicted molar refractivity (Wildman–Crippen MR) is 119 cm³/mol. The van der Waals surface area contributed by atoms with E-state index in [1.54, 1.807) is 0 Å². The van der Waals surface area contributed by atoms with E-state index in [2.05, 4.69) is 69.6 Å². The third-order valence-corrected chi connectivity index (χ3v) is 4.44. The summed E-state index contributed by atoms with van der Waals surface area (Å²) in [7, 11) is 3.88. The first-order chi connectivity index (χ1) is 13.7. The van der Waals surface area contributed by atoms with Crippen molar-refractivity contribution in [3.63, 3.8) is 0 Å². The Morgan fingerprint density at radius 2 is 1.75 bits per heavy atom. The second-order valence-corrected chi connectivity index (χ2v) is 6.66. The molecule has 1 aromatic heterocycles. The molecule has 146 valence electrons. The van der Waals surface area contributed by atoms with Crippen LogP contribution in [0, 0.1) is 6.92 Å². The zero-order valence-corrected chi connectivity index (χ0v) is 16.7. The maximum Gasteiger partial charge on any atom is 0.229 e. The first kappa shape index (κ1) is 19.6. The molecule has 6 nitrogen and oxygen atoms in total. The SMILES string of the molecule is CNCCCNc1nc(Nc2cccc(C)c2)ncc1-c1ccc(NC)cc1. The highest BCUT2D eigenvalue weighted by molar-refractivity contribution is 5.76. The summed E-state index contributed by atoms with van der Waals surface area (Å²) >= 11 is 0. The lowest BCUT2D eigenvalue weighted by Crippen LogP contribution is -2.14. The molecule has 0 radical (unpaired) electrons. The van der Waals surface area contributed by atoms with E-state index in [-0.39, 0.29) is 0 Å². The fourth-order valence-corrected chi connectivity index (χ4v) is 2.93. The molecule has 6 heteroatoms. The lowest BCUT2D eigenvalue weighted by atomic mass is 10.1. The Morgan fingerprint density at radius 1 is 0.929 bits per heavy atom. The van der Waals surface area contributed by atoms with Crippen molar-refractivity contribution in [1.29, 1.82) is 0 Å². The van der Waals surface area contributed by atoms with Crippen molar-refractivity contribution in [3.05, 3.63) is 60.3 Å². The Hall–Kier alpha value is -3.12. The topological polar surface area (TPSA) is 73.9 Å². The van der Waals surface area contributed by atoms with E-state index in [0.717, 1.165) is 47.8 Å². The van der Waals surface area contributed by atoms with Gasteiger partial charge in [0.25, 0.3) is 0 Å². The average Bonchev–Trinajstić information content (AvgIpc) is 2.72. The van der Waals surface area contributed by atoms with Crippen LogP contribution in [-0.2, 0) is 0 Å². The molecule has 3 aromatic rings. The first-order valence-electron chi connectivity index (χ1n) is 9.57. The highest BCUT2D eigenvalue weighted by Gasteiger charge is 2.10. The molecule has 2 aromatic carbocycles. The van der Waals surface area contributed by atoms with Gasteiger partial charge in [-0.2, -0.15) is 4.98 Å². The first-order valence-corrected chi connectivity index (χ1v) is 9.57. The molecule has 0 aliphatic rings. The van der Waals surface area contributed by atoms with Crippen LogP contribution >= 0.6 is 0 Å². The Labute approximate surface area is 166 Å². The summed E-state index contributed by atoms with van der Waals surface area (Å²) < 4.78 is 0. The zero-order chi connectivity index (χ0) is 19.8. The van der Waals surface area contributed by atoms with Gasteiger partial charge in [-0.15, -0.1) is 0 Å². The van der Waals surface area contributed by atoms with Crippen LogP contribution in [-0.4, -0.2) is 37.2 Å². The number of nitrogens with zero attached hydrogens (tertiary/aromatic N) is 2. The standard InChI is InChI=1S/C22H28N6/c1-16-6-4-7-19(14-16)27-22-26-15-20(17-8-10-18(24-3)11-9-17)21(28-22)25-13-5-12-23-2/h4,6-11,14-15,23-24H,5,12-13H2,1-3H3,(H2,25,26,27,28). The quantitative estimate of drug-likeness (QED) is 0.418. The average molecular weight is 377 g/mol. The van der Waals surface area contributed by atoms with Crippen molar-refractivity contribution >= 4 is 23.1 Å². The molecule has 3 rings (SSSR count). The summed E-state index contributed by atoms with van der Waals surface area (Å²) in [5.41, 5.74) is 5.31. The van der Waals surface area contributed by atoms with Gasteiger partial charge in [-0.25, -0.2) is 4.98 Å². The molecular weight excluding hydrogens is 348 g/mol. The molecular formula is C22H28N6. The minimum absolute atomic E-state index is 0.581. The zero-order valence-electron chi connectivity index (χ0n) is 16.7. The normalized spacial score (nSPS) is 10.5. The fourth-order valence-electron chi connectivity index (χ4n) is 2.93. The molecule has 0 spiro atoms. The van der Waals surface area contributed by atoms with Crippen molar-refractivity contribution in [3.8, 4) is 11.1 Å². The molecule has 0 atom stereocenters. The van der Waals surface area contributed by atoms with Crippen molar-refractivity contribution in [2.24, 2.45) is 0 Å². The number of nitrogens with one attached hydrogen (secondary N) is 4. The van der Waals surface area contributed by atoms with Gasteiger partial charge in [0.2, 0.25) is 5.95 Å². The van der Waals surface area contributed by atoms with E-state index < -0.39 is 0 Å².